The second-order valence-corrected chi connectivity index (χ2v) is 7.58. The first-order valence-electron chi connectivity index (χ1n) is 9.87. The molecular weight excluding hydrogens is 324 g/mol. The van der Waals surface area contributed by atoms with Crippen molar-refractivity contribution in [3.05, 3.63) is 53.9 Å². The van der Waals surface area contributed by atoms with Crippen LogP contribution in [0.15, 0.2) is 42.6 Å². The lowest BCUT2D eigenvalue weighted by Crippen LogP contribution is -2.52. The van der Waals surface area contributed by atoms with E-state index >= 15 is 0 Å². The van der Waals surface area contributed by atoms with Gasteiger partial charge in [0.1, 0.15) is 0 Å². The zero-order chi connectivity index (χ0) is 17.8. The number of carbonyl (C=O) groups excluding carboxylic acids is 1. The van der Waals surface area contributed by atoms with Crippen molar-refractivity contribution in [1.29, 1.82) is 0 Å². The largest absolute Gasteiger partial charge is 0.341 e. The Balaban J connectivity index is 1.38. The zero-order valence-electron chi connectivity index (χ0n) is 15.3. The Morgan fingerprint density at radius 2 is 1.85 bits per heavy atom. The molecule has 138 valence electrons. The number of aromatic nitrogens is 2. The summed E-state index contributed by atoms with van der Waals surface area (Å²) >= 11 is 0. The van der Waals surface area contributed by atoms with E-state index in [1.54, 1.807) is 0 Å². The topological polar surface area (TPSA) is 52.2 Å². The van der Waals surface area contributed by atoms with Crippen molar-refractivity contribution < 1.29 is 4.79 Å². The quantitative estimate of drug-likeness (QED) is 0.919. The molecule has 0 bridgehead atoms. The Morgan fingerprint density at radius 3 is 2.58 bits per heavy atom. The summed E-state index contributed by atoms with van der Waals surface area (Å²) in [7, 11) is 0. The molecule has 0 spiro atoms. The predicted molar refractivity (Wildman–Crippen MR) is 102 cm³/mol. The number of aromatic amines is 1. The highest BCUT2D eigenvalue weighted by Crippen LogP contribution is 2.28. The number of nitrogens with one attached hydrogen (secondary N) is 1. The molecule has 5 nitrogen and oxygen atoms in total. The van der Waals surface area contributed by atoms with E-state index in [2.05, 4.69) is 50.3 Å². The molecule has 2 fully saturated rings. The molecular formula is C21H28N4O. The maximum absolute atomic E-state index is 13.2. The summed E-state index contributed by atoms with van der Waals surface area (Å²) in [5, 5.41) is 7.15. The van der Waals surface area contributed by atoms with Crippen LogP contribution in [0.5, 0.6) is 0 Å². The van der Waals surface area contributed by atoms with Gasteiger partial charge >= 0.3 is 0 Å². The third-order valence-electron chi connectivity index (χ3n) is 5.90. The van der Waals surface area contributed by atoms with Gasteiger partial charge in [-0.2, -0.15) is 5.10 Å². The Bertz CT molecular complexity index is 692. The van der Waals surface area contributed by atoms with Gasteiger partial charge in [-0.25, -0.2) is 0 Å². The van der Waals surface area contributed by atoms with Crippen molar-refractivity contribution >= 4 is 5.91 Å². The highest BCUT2D eigenvalue weighted by atomic mass is 16.2. The molecule has 1 N–H and O–H groups in total. The van der Waals surface area contributed by atoms with E-state index in [0.29, 0.717) is 11.8 Å². The van der Waals surface area contributed by atoms with E-state index in [0.717, 1.165) is 51.9 Å². The Morgan fingerprint density at radius 1 is 1.04 bits per heavy atom. The van der Waals surface area contributed by atoms with Crippen LogP contribution >= 0.6 is 0 Å². The Labute approximate surface area is 155 Å². The third kappa shape index (κ3) is 3.83. The minimum absolute atomic E-state index is 0.0488. The Hall–Kier alpha value is -2.14. The van der Waals surface area contributed by atoms with Gasteiger partial charge in [0.2, 0.25) is 5.91 Å². The molecule has 2 aromatic rings. The van der Waals surface area contributed by atoms with Crippen LogP contribution in [-0.4, -0.2) is 51.6 Å². The number of H-pyrrole nitrogens is 1. The number of hydrogen-bond donors (Lipinski definition) is 1. The smallest absolute Gasteiger partial charge is 0.239 e. The molecule has 0 radical (unpaired) electrons. The van der Waals surface area contributed by atoms with E-state index < -0.39 is 0 Å². The van der Waals surface area contributed by atoms with E-state index in [1.165, 1.54) is 17.7 Å². The molecule has 1 atom stereocenters. The van der Waals surface area contributed by atoms with Crippen LogP contribution in [0, 0.1) is 0 Å². The molecule has 1 aromatic carbocycles. The fraction of sp³-hybridized carbons (Fsp3) is 0.524. The van der Waals surface area contributed by atoms with Crippen molar-refractivity contribution in [1.82, 2.24) is 20.0 Å². The monoisotopic (exact) mass is 352 g/mol. The average Bonchev–Trinajstić information content (AvgIpc) is 3.24. The van der Waals surface area contributed by atoms with E-state index in [-0.39, 0.29) is 6.04 Å². The summed E-state index contributed by atoms with van der Waals surface area (Å²) < 4.78 is 0. The number of carbonyl (C=O) groups is 1. The molecule has 2 aliphatic heterocycles. The molecule has 3 heterocycles. The molecule has 1 amide bonds. The van der Waals surface area contributed by atoms with Gasteiger partial charge in [-0.05, 0) is 43.9 Å². The van der Waals surface area contributed by atoms with Crippen LogP contribution in [0.2, 0.25) is 0 Å². The van der Waals surface area contributed by atoms with Gasteiger partial charge < -0.3 is 4.90 Å². The maximum Gasteiger partial charge on any atom is 0.239 e. The number of hydrogen-bond acceptors (Lipinski definition) is 3. The Kier molecular flexibility index (Phi) is 5.34. The molecule has 2 aliphatic rings. The van der Waals surface area contributed by atoms with Gasteiger partial charge in [0.05, 0.1) is 6.04 Å². The maximum atomic E-state index is 13.2. The SMILES string of the molecule is O=C([C@H]1CCCCN1Cc1ccccc1)N1CCC(c2ccn[nH]2)CC1. The molecule has 26 heavy (non-hydrogen) atoms. The lowest BCUT2D eigenvalue weighted by molar-refractivity contribution is -0.139. The van der Waals surface area contributed by atoms with Crippen LogP contribution in [0.3, 0.4) is 0 Å². The minimum atomic E-state index is 0.0488. The lowest BCUT2D eigenvalue weighted by atomic mass is 9.92. The molecule has 0 unspecified atom stereocenters. The van der Waals surface area contributed by atoms with Crippen molar-refractivity contribution in [2.75, 3.05) is 19.6 Å². The fourth-order valence-electron chi connectivity index (χ4n) is 4.39. The minimum Gasteiger partial charge on any atom is -0.341 e. The van der Waals surface area contributed by atoms with Gasteiger partial charge in [-0.1, -0.05) is 36.8 Å². The molecule has 2 saturated heterocycles. The van der Waals surface area contributed by atoms with Crippen LogP contribution in [0.4, 0.5) is 0 Å². The van der Waals surface area contributed by atoms with E-state index in [9.17, 15) is 4.79 Å². The first-order chi connectivity index (χ1) is 12.8. The second-order valence-electron chi connectivity index (χ2n) is 7.58. The number of likely N-dealkylation sites (tertiary alicyclic amines) is 2. The molecule has 1 aromatic heterocycles. The number of rotatable bonds is 4. The standard InChI is InChI=1S/C21H28N4O/c26-21(24-14-10-18(11-15-24)19-9-12-22-23-19)20-8-4-5-13-25(20)16-17-6-2-1-3-7-17/h1-3,6-7,9,12,18,20H,4-5,8,10-11,13-16H2,(H,22,23)/t20-/m1/s1. The number of amides is 1. The third-order valence-corrected chi connectivity index (χ3v) is 5.90. The molecule has 0 saturated carbocycles. The number of nitrogens with zero attached hydrogens (tertiary/aromatic N) is 3. The molecule has 5 heteroatoms. The van der Waals surface area contributed by atoms with Crippen molar-refractivity contribution in [2.45, 2.75) is 50.6 Å². The first-order valence-corrected chi connectivity index (χ1v) is 9.87. The summed E-state index contributed by atoms with van der Waals surface area (Å²) in [6, 6.07) is 12.6. The van der Waals surface area contributed by atoms with Gasteiger partial charge in [0.25, 0.3) is 0 Å². The summed E-state index contributed by atoms with van der Waals surface area (Å²) in [4.78, 5) is 17.7. The zero-order valence-corrected chi connectivity index (χ0v) is 15.3. The number of benzene rings is 1. The van der Waals surface area contributed by atoms with Gasteiger partial charge in [0, 0.05) is 37.4 Å². The van der Waals surface area contributed by atoms with Crippen LogP contribution in [0.1, 0.15) is 49.3 Å². The van der Waals surface area contributed by atoms with E-state index in [1.807, 2.05) is 12.3 Å². The van der Waals surface area contributed by atoms with Gasteiger partial charge in [-0.15, -0.1) is 0 Å². The summed E-state index contributed by atoms with van der Waals surface area (Å²) in [5.41, 5.74) is 2.51. The molecule has 4 rings (SSSR count). The number of piperidine rings is 2. The lowest BCUT2D eigenvalue weighted by Gasteiger charge is -2.40. The van der Waals surface area contributed by atoms with Crippen LogP contribution in [-0.2, 0) is 11.3 Å². The first kappa shape index (κ1) is 17.3. The normalized spacial score (nSPS) is 22.5. The van der Waals surface area contributed by atoms with Crippen molar-refractivity contribution in [3.63, 3.8) is 0 Å². The second kappa shape index (κ2) is 8.04. The highest BCUT2D eigenvalue weighted by Gasteiger charge is 2.34. The predicted octanol–water partition coefficient (Wildman–Crippen LogP) is 3.17. The van der Waals surface area contributed by atoms with Crippen molar-refractivity contribution in [2.24, 2.45) is 0 Å². The summed E-state index contributed by atoms with van der Waals surface area (Å²) in [6.45, 7) is 3.62. The van der Waals surface area contributed by atoms with E-state index in [4.69, 9.17) is 0 Å². The highest BCUT2D eigenvalue weighted by molar-refractivity contribution is 5.82. The fourth-order valence-corrected chi connectivity index (χ4v) is 4.39. The molecule has 0 aliphatic carbocycles. The van der Waals surface area contributed by atoms with Crippen molar-refractivity contribution in [3.8, 4) is 0 Å². The summed E-state index contributed by atoms with van der Waals surface area (Å²) in [6.07, 6.45) is 7.21. The van der Waals surface area contributed by atoms with Crippen LogP contribution < -0.4 is 0 Å². The van der Waals surface area contributed by atoms with Gasteiger partial charge in [-0.3, -0.25) is 14.8 Å². The van der Waals surface area contributed by atoms with Crippen LogP contribution in [0.25, 0.3) is 0 Å². The summed E-state index contributed by atoms with van der Waals surface area (Å²) in [5.74, 6) is 0.844. The van der Waals surface area contributed by atoms with Gasteiger partial charge in [0.15, 0.2) is 0 Å². The average molecular weight is 352 g/mol.